The summed E-state index contributed by atoms with van der Waals surface area (Å²) in [7, 11) is 0. The number of β-amino-alcohol motifs (C(OH)–C–C–N with tert-alkyl or cyclic N) is 1. The van der Waals surface area contributed by atoms with Crippen LogP contribution in [0.2, 0.25) is 0 Å². The fourth-order valence-electron chi connectivity index (χ4n) is 2.30. The van der Waals surface area contributed by atoms with Gasteiger partial charge in [0.1, 0.15) is 0 Å². The molecular weight excluding hydrogens is 186 g/mol. The molecule has 1 aliphatic rings. The van der Waals surface area contributed by atoms with Crippen molar-refractivity contribution in [2.75, 3.05) is 13.1 Å². The van der Waals surface area contributed by atoms with E-state index in [4.69, 9.17) is 0 Å². The molecule has 2 nitrogen and oxygen atoms in total. The van der Waals surface area contributed by atoms with E-state index in [0.717, 1.165) is 32.5 Å². The number of benzene rings is 1. The Morgan fingerprint density at radius 2 is 2.07 bits per heavy atom. The van der Waals surface area contributed by atoms with Crippen LogP contribution in [0, 0.1) is 0 Å². The van der Waals surface area contributed by atoms with Crippen molar-refractivity contribution in [3.63, 3.8) is 0 Å². The van der Waals surface area contributed by atoms with Crippen LogP contribution in [0.5, 0.6) is 0 Å². The van der Waals surface area contributed by atoms with Gasteiger partial charge in [-0.15, -0.1) is 0 Å². The summed E-state index contributed by atoms with van der Waals surface area (Å²) in [4.78, 5) is 2.33. The minimum absolute atomic E-state index is 0.493. The normalized spacial score (nSPS) is 27.9. The average molecular weight is 205 g/mol. The Balaban J connectivity index is 1.95. The van der Waals surface area contributed by atoms with E-state index in [-0.39, 0.29) is 0 Å². The maximum Gasteiger partial charge on any atom is 0.0746 e. The Labute approximate surface area is 91.5 Å². The zero-order valence-corrected chi connectivity index (χ0v) is 9.32. The smallest absolute Gasteiger partial charge is 0.0746 e. The van der Waals surface area contributed by atoms with Crippen molar-refractivity contribution in [3.8, 4) is 0 Å². The van der Waals surface area contributed by atoms with Gasteiger partial charge in [0.15, 0.2) is 0 Å². The summed E-state index contributed by atoms with van der Waals surface area (Å²) < 4.78 is 0. The summed E-state index contributed by atoms with van der Waals surface area (Å²) in [5.41, 5.74) is 0.836. The molecule has 0 aliphatic carbocycles. The minimum Gasteiger partial charge on any atom is -0.389 e. The molecule has 0 bridgehead atoms. The molecular formula is C13H19NO. The second-order valence-corrected chi connectivity index (χ2v) is 4.80. The van der Waals surface area contributed by atoms with Crippen molar-refractivity contribution >= 4 is 0 Å². The Morgan fingerprint density at radius 3 is 2.73 bits per heavy atom. The summed E-state index contributed by atoms with van der Waals surface area (Å²) in [5, 5.41) is 9.98. The number of rotatable bonds is 2. The Bertz CT molecular complexity index is 308. The van der Waals surface area contributed by atoms with Gasteiger partial charge in [0, 0.05) is 13.1 Å². The quantitative estimate of drug-likeness (QED) is 0.798. The van der Waals surface area contributed by atoms with Crippen molar-refractivity contribution < 1.29 is 5.11 Å². The highest BCUT2D eigenvalue weighted by Crippen LogP contribution is 2.21. The maximum atomic E-state index is 9.98. The van der Waals surface area contributed by atoms with Crippen LogP contribution < -0.4 is 0 Å². The largest absolute Gasteiger partial charge is 0.389 e. The lowest BCUT2D eigenvalue weighted by molar-refractivity contribution is -0.0181. The first-order valence-electron chi connectivity index (χ1n) is 5.64. The summed E-state index contributed by atoms with van der Waals surface area (Å²) in [6.07, 6.45) is 2.03. The van der Waals surface area contributed by atoms with Gasteiger partial charge in [0.2, 0.25) is 0 Å². The molecule has 1 aromatic carbocycles. The van der Waals surface area contributed by atoms with Crippen LogP contribution in [-0.4, -0.2) is 28.7 Å². The molecule has 1 saturated heterocycles. The third kappa shape index (κ3) is 3.05. The molecule has 0 unspecified atom stereocenters. The van der Waals surface area contributed by atoms with Crippen molar-refractivity contribution in [1.82, 2.24) is 4.90 Å². The van der Waals surface area contributed by atoms with Crippen LogP contribution in [0.15, 0.2) is 30.3 Å². The summed E-state index contributed by atoms with van der Waals surface area (Å²) >= 11 is 0. The van der Waals surface area contributed by atoms with Crippen molar-refractivity contribution in [3.05, 3.63) is 35.9 Å². The van der Waals surface area contributed by atoms with E-state index >= 15 is 0 Å². The molecule has 2 rings (SSSR count). The van der Waals surface area contributed by atoms with Crippen molar-refractivity contribution in [1.29, 1.82) is 0 Å². The molecule has 0 spiro atoms. The lowest BCUT2D eigenvalue weighted by Gasteiger charge is -2.36. The van der Waals surface area contributed by atoms with Crippen LogP contribution >= 0.6 is 0 Å². The van der Waals surface area contributed by atoms with Crippen LogP contribution in [-0.2, 0) is 6.54 Å². The SMILES string of the molecule is C[C@@]1(O)CCCN(Cc2ccccc2)C1. The molecule has 0 amide bonds. The highest BCUT2D eigenvalue weighted by Gasteiger charge is 2.27. The zero-order chi connectivity index (χ0) is 10.7. The molecule has 1 heterocycles. The Morgan fingerprint density at radius 1 is 1.33 bits per heavy atom. The van der Waals surface area contributed by atoms with Gasteiger partial charge in [-0.25, -0.2) is 0 Å². The van der Waals surface area contributed by atoms with Gasteiger partial charge in [0.25, 0.3) is 0 Å². The highest BCUT2D eigenvalue weighted by molar-refractivity contribution is 5.14. The van der Waals surface area contributed by atoms with E-state index in [9.17, 15) is 5.11 Å². The van der Waals surface area contributed by atoms with Gasteiger partial charge >= 0.3 is 0 Å². The Kier molecular flexibility index (Phi) is 3.08. The Hall–Kier alpha value is -0.860. The molecule has 1 aromatic rings. The number of hydrogen-bond acceptors (Lipinski definition) is 2. The second kappa shape index (κ2) is 4.33. The van der Waals surface area contributed by atoms with Gasteiger partial charge in [-0.3, -0.25) is 4.90 Å². The monoisotopic (exact) mass is 205 g/mol. The first-order chi connectivity index (χ1) is 7.16. The highest BCUT2D eigenvalue weighted by atomic mass is 16.3. The van der Waals surface area contributed by atoms with Crippen LogP contribution in [0.1, 0.15) is 25.3 Å². The summed E-state index contributed by atoms with van der Waals surface area (Å²) in [5.74, 6) is 0. The van der Waals surface area contributed by atoms with E-state index in [1.807, 2.05) is 13.0 Å². The van der Waals surface area contributed by atoms with E-state index < -0.39 is 5.60 Å². The van der Waals surface area contributed by atoms with E-state index in [1.54, 1.807) is 0 Å². The molecule has 1 fully saturated rings. The lowest BCUT2D eigenvalue weighted by Crippen LogP contribution is -2.45. The van der Waals surface area contributed by atoms with Crippen molar-refractivity contribution in [2.45, 2.75) is 31.9 Å². The molecule has 1 atom stereocenters. The topological polar surface area (TPSA) is 23.5 Å². The van der Waals surface area contributed by atoms with E-state index in [2.05, 4.69) is 29.2 Å². The molecule has 1 aliphatic heterocycles. The molecule has 0 radical (unpaired) electrons. The second-order valence-electron chi connectivity index (χ2n) is 4.80. The van der Waals surface area contributed by atoms with Crippen molar-refractivity contribution in [2.24, 2.45) is 0 Å². The lowest BCUT2D eigenvalue weighted by atomic mass is 9.95. The van der Waals surface area contributed by atoms with E-state index in [0.29, 0.717) is 0 Å². The van der Waals surface area contributed by atoms with Gasteiger partial charge in [-0.2, -0.15) is 0 Å². The van der Waals surface area contributed by atoms with Gasteiger partial charge in [-0.1, -0.05) is 30.3 Å². The van der Waals surface area contributed by atoms with Crippen LogP contribution in [0.4, 0.5) is 0 Å². The van der Waals surface area contributed by atoms with Crippen LogP contribution in [0.3, 0.4) is 0 Å². The number of nitrogens with zero attached hydrogens (tertiary/aromatic N) is 1. The summed E-state index contributed by atoms with van der Waals surface area (Å²) in [6, 6.07) is 10.5. The third-order valence-electron chi connectivity index (χ3n) is 3.00. The first kappa shape index (κ1) is 10.7. The van der Waals surface area contributed by atoms with Crippen LogP contribution in [0.25, 0.3) is 0 Å². The van der Waals surface area contributed by atoms with Gasteiger partial charge in [0.05, 0.1) is 5.60 Å². The number of likely N-dealkylation sites (tertiary alicyclic amines) is 1. The van der Waals surface area contributed by atoms with Gasteiger partial charge < -0.3 is 5.11 Å². The minimum atomic E-state index is -0.493. The number of piperidine rings is 1. The molecule has 2 heteroatoms. The zero-order valence-electron chi connectivity index (χ0n) is 9.32. The molecule has 0 aromatic heterocycles. The average Bonchev–Trinajstić information content (AvgIpc) is 2.17. The summed E-state index contributed by atoms with van der Waals surface area (Å²) in [6.45, 7) is 4.79. The molecule has 15 heavy (non-hydrogen) atoms. The predicted octanol–water partition coefficient (Wildman–Crippen LogP) is 2.03. The molecule has 82 valence electrons. The predicted molar refractivity (Wildman–Crippen MR) is 61.6 cm³/mol. The fourth-order valence-corrected chi connectivity index (χ4v) is 2.30. The standard InChI is InChI=1S/C13H19NO/c1-13(15)8-5-9-14(11-13)10-12-6-3-2-4-7-12/h2-4,6-7,15H,5,8-11H2,1H3/t13-/m1/s1. The number of aliphatic hydroxyl groups is 1. The first-order valence-corrected chi connectivity index (χ1v) is 5.64. The molecule has 0 saturated carbocycles. The fraction of sp³-hybridized carbons (Fsp3) is 0.538. The number of hydrogen-bond donors (Lipinski definition) is 1. The third-order valence-corrected chi connectivity index (χ3v) is 3.00. The van der Waals surface area contributed by atoms with Gasteiger partial charge in [-0.05, 0) is 31.9 Å². The molecule has 1 N–H and O–H groups in total. The van der Waals surface area contributed by atoms with E-state index in [1.165, 1.54) is 5.56 Å². The maximum absolute atomic E-state index is 9.98.